The van der Waals surface area contributed by atoms with Gasteiger partial charge in [-0.1, -0.05) is 70.2 Å². The zero-order chi connectivity index (χ0) is 79.2. The Hall–Kier alpha value is -9.12. The van der Waals surface area contributed by atoms with Crippen LogP contribution in [0.5, 0.6) is 0 Å². The normalized spacial score (nSPS) is 14.0. The molecule has 8 heterocycles. The Kier molecular flexibility index (Phi) is 28.9. The summed E-state index contributed by atoms with van der Waals surface area (Å²) in [6.07, 6.45) is 1.50. The van der Waals surface area contributed by atoms with Crippen LogP contribution in [0, 0.1) is 13.8 Å². The van der Waals surface area contributed by atoms with E-state index in [1.54, 1.807) is 69.7 Å². The molecule has 0 radical (unpaired) electrons. The Morgan fingerprint density at radius 2 is 0.764 bits per heavy atom. The highest BCUT2D eigenvalue weighted by atomic mass is 35.5. The van der Waals surface area contributed by atoms with Gasteiger partial charge in [0, 0.05) is 131 Å². The lowest BCUT2D eigenvalue weighted by atomic mass is 10.0. The van der Waals surface area contributed by atoms with Gasteiger partial charge in [-0.25, -0.2) is 14.4 Å². The second kappa shape index (κ2) is 38.2. The number of hydrogen-bond donors (Lipinski definition) is 0. The maximum Gasteiger partial charge on any atom is 0.345 e. The van der Waals surface area contributed by atoms with Crippen LogP contribution >= 0.6 is 57.5 Å². The number of halogens is 3. The minimum atomic E-state index is -0.671. The van der Waals surface area contributed by atoms with E-state index in [2.05, 4.69) is 14.7 Å². The molecule has 0 spiro atoms. The number of thiophene rings is 2. The number of nitrogens with zero attached hydrogens (tertiary/aromatic N) is 12. The van der Waals surface area contributed by atoms with Crippen LogP contribution < -0.4 is 31.4 Å². The van der Waals surface area contributed by atoms with Crippen LogP contribution in [0.1, 0.15) is 106 Å². The first-order chi connectivity index (χ1) is 52.7. The number of amides is 3. The Balaban J connectivity index is 0.000000176. The number of rotatable bonds is 23. The Morgan fingerprint density at radius 3 is 1.11 bits per heavy atom. The zero-order valence-corrected chi connectivity index (χ0v) is 68.3. The molecule has 0 bridgehead atoms. The van der Waals surface area contributed by atoms with Crippen molar-refractivity contribution in [3.05, 3.63) is 197 Å². The monoisotopic (exact) mass is 1600 g/mol. The number of carbonyl (C=O) groups is 6. The number of benzene rings is 4. The quantitative estimate of drug-likeness (QED) is 0.0428. The van der Waals surface area contributed by atoms with Crippen molar-refractivity contribution < 1.29 is 43.0 Å². The average molecular weight is 1600 g/mol. The van der Waals surface area contributed by atoms with Crippen molar-refractivity contribution in [1.82, 2.24) is 43.1 Å². The number of likely N-dealkylation sites (N-methyl/N-ethyl adjacent to an activating group) is 1. The lowest BCUT2D eigenvalue weighted by molar-refractivity contribution is 0.0514. The van der Waals surface area contributed by atoms with Crippen LogP contribution in [-0.2, 0) is 33.8 Å². The van der Waals surface area contributed by atoms with E-state index >= 15 is 0 Å². The molecule has 3 aliphatic rings. The van der Waals surface area contributed by atoms with Crippen molar-refractivity contribution in [2.75, 3.05) is 175 Å². The van der Waals surface area contributed by atoms with Gasteiger partial charge in [-0.2, -0.15) is 0 Å². The van der Waals surface area contributed by atoms with Crippen LogP contribution in [0.3, 0.4) is 0 Å². The van der Waals surface area contributed by atoms with E-state index in [1.807, 2.05) is 158 Å². The van der Waals surface area contributed by atoms with Gasteiger partial charge >= 0.3 is 17.9 Å². The molecule has 9 aromatic rings. The minimum Gasteiger partial charge on any atom is -0.462 e. The van der Waals surface area contributed by atoms with Crippen LogP contribution in [0.4, 0.5) is 17.1 Å². The van der Waals surface area contributed by atoms with Gasteiger partial charge in [0.05, 0.1) is 73.2 Å². The van der Waals surface area contributed by atoms with Crippen molar-refractivity contribution in [3.63, 3.8) is 0 Å². The molecule has 0 atom stereocenters. The van der Waals surface area contributed by atoms with Gasteiger partial charge in [-0.05, 0) is 186 Å². The molecular formula is C81H97Cl3N12O12S2. The number of fused-ring (bicyclic) bond motifs is 3. The first kappa shape index (κ1) is 83.4. The van der Waals surface area contributed by atoms with Gasteiger partial charge in [-0.15, -0.1) is 22.7 Å². The van der Waals surface area contributed by atoms with Gasteiger partial charge in [0.1, 0.15) is 16.7 Å². The Labute approximate surface area is 663 Å². The van der Waals surface area contributed by atoms with Gasteiger partial charge in [0.25, 0.3) is 34.4 Å². The second-order valence-electron chi connectivity index (χ2n) is 27.9. The van der Waals surface area contributed by atoms with E-state index in [4.69, 9.17) is 49.0 Å². The molecule has 3 amide bonds. The third-order valence-electron chi connectivity index (χ3n) is 19.5. The molecule has 0 N–H and O–H groups in total. The number of hydrogen-bond acceptors (Lipinski definition) is 20. The first-order valence-corrected chi connectivity index (χ1v) is 39.9. The fourth-order valence-electron chi connectivity index (χ4n) is 14.1. The number of pyridine rings is 3. The summed E-state index contributed by atoms with van der Waals surface area (Å²) >= 11 is 21.4. The van der Waals surface area contributed by atoms with Crippen molar-refractivity contribution in [3.8, 4) is 0 Å². The molecule has 110 heavy (non-hydrogen) atoms. The van der Waals surface area contributed by atoms with Crippen molar-refractivity contribution in [2.45, 2.75) is 67.1 Å². The van der Waals surface area contributed by atoms with Crippen molar-refractivity contribution in [2.24, 2.45) is 0 Å². The second-order valence-corrected chi connectivity index (χ2v) is 31.1. The summed E-state index contributed by atoms with van der Waals surface area (Å²) in [5, 5.41) is 7.39. The summed E-state index contributed by atoms with van der Waals surface area (Å²) in [5.41, 5.74) is 5.62. The number of anilines is 3. The summed E-state index contributed by atoms with van der Waals surface area (Å²) in [7, 11) is 11.9. The topological polar surface area (TPSA) is 225 Å². The predicted molar refractivity (Wildman–Crippen MR) is 441 cm³/mol. The van der Waals surface area contributed by atoms with Gasteiger partial charge in [0.2, 0.25) is 0 Å². The largest absolute Gasteiger partial charge is 0.462 e. The molecule has 3 aliphatic heterocycles. The minimum absolute atomic E-state index is 0.0132. The molecule has 3 fully saturated rings. The number of carbonyl (C=O) groups excluding carboxylic acids is 6. The maximum atomic E-state index is 13.8. The van der Waals surface area contributed by atoms with E-state index < -0.39 is 23.5 Å². The highest BCUT2D eigenvalue weighted by Crippen LogP contribution is 2.37. The van der Waals surface area contributed by atoms with Crippen LogP contribution in [0.2, 0.25) is 15.1 Å². The van der Waals surface area contributed by atoms with Gasteiger partial charge in [0.15, 0.2) is 0 Å². The summed E-state index contributed by atoms with van der Waals surface area (Å²) in [5.74, 6) is -2.00. The Bertz CT molecular complexity index is 5000. The standard InChI is InChI=1S/C28H31Cl3N4O4.C27H34N4O4S.C26H32N4O4S/c1-4-39-28(38)24-25(20-17-19(29)7-9-23(20)35(27(24)37)11-5-10-32(2)3)33-12-14-34(15-13-33)26(36)18-6-8-21(30)22(31)16-18;1-5-35-27(34)23-24(29-13-15-30(16-14-29)25(32)22-8-6-17-36-22)20-18-19(2)9-10-21(20)31(26(23)33)12-7-11-28(3)4;1-5-34-26(33)22-23(28-11-13-29(14-12-28)24(31)21-7-6-16-35-21)19-17-18(2)8-9-20(19)30(25(22)32)15-10-27(3)4/h6-9,16-17H,4-5,10-15H2,1-3H3;6,8-10,17-18H,5,7,11-16H2,1-4H3;6-9,16-17H,5,10-15H2,1-4H3. The molecule has 4 aromatic carbocycles. The lowest BCUT2D eigenvalue weighted by Gasteiger charge is -2.37. The molecule has 0 saturated carbocycles. The third-order valence-corrected chi connectivity index (χ3v) is 22.1. The predicted octanol–water partition coefficient (Wildman–Crippen LogP) is 11.6. The van der Waals surface area contributed by atoms with E-state index in [9.17, 15) is 43.2 Å². The average Bonchev–Trinajstić information content (AvgIpc) is 0.869. The fourth-order valence-corrected chi connectivity index (χ4v) is 15.9. The van der Waals surface area contributed by atoms with E-state index in [1.165, 1.54) is 22.7 Å². The number of esters is 3. The van der Waals surface area contributed by atoms with Gasteiger partial charge < -0.3 is 72.0 Å². The highest BCUT2D eigenvalue weighted by molar-refractivity contribution is 7.12. The summed E-state index contributed by atoms with van der Waals surface area (Å²) in [4.78, 5) is 139. The number of piperazine rings is 3. The molecule has 0 aliphatic carbocycles. The molecular weight excluding hydrogens is 1500 g/mol. The molecule has 0 unspecified atom stereocenters. The maximum absolute atomic E-state index is 13.8. The van der Waals surface area contributed by atoms with Crippen LogP contribution in [0.15, 0.2) is 122 Å². The smallest absolute Gasteiger partial charge is 0.345 e. The van der Waals surface area contributed by atoms with E-state index in [-0.39, 0.29) is 65.4 Å². The molecule has 586 valence electrons. The Morgan fingerprint density at radius 1 is 0.409 bits per heavy atom. The van der Waals surface area contributed by atoms with Crippen molar-refractivity contribution in [1.29, 1.82) is 0 Å². The third kappa shape index (κ3) is 19.4. The summed E-state index contributed by atoms with van der Waals surface area (Å²) in [6.45, 7) is 19.1. The first-order valence-electron chi connectivity index (χ1n) is 37.1. The van der Waals surface area contributed by atoms with Crippen LogP contribution in [0.25, 0.3) is 32.7 Å². The molecule has 3 saturated heterocycles. The molecule has 12 rings (SSSR count). The number of ether oxygens (including phenoxy) is 3. The summed E-state index contributed by atoms with van der Waals surface area (Å²) < 4.78 is 21.1. The van der Waals surface area contributed by atoms with Gasteiger partial charge in [-0.3, -0.25) is 28.8 Å². The SMILES string of the molecule is CCOC(=O)c1c(N2CCN(C(=O)c3ccc(Cl)c(Cl)c3)CC2)c2cc(Cl)ccc2n(CCCN(C)C)c1=O.CCOC(=O)c1c(N2CCN(C(=O)c3cccs3)CC2)c2cc(C)ccc2n(CCCN(C)C)c1=O.CCOC(=O)c1c(N2CCN(C(=O)c3cccs3)CC2)c2cc(C)ccc2n(CCN(C)C)c1=O. The molecule has 29 heteroatoms. The van der Waals surface area contributed by atoms with Crippen molar-refractivity contribution >= 4 is 143 Å². The number of aryl methyl sites for hydroxylation is 4. The van der Waals surface area contributed by atoms with E-state index in [0.717, 1.165) is 68.6 Å². The van der Waals surface area contributed by atoms with Crippen LogP contribution in [-0.4, -0.2) is 239 Å². The summed E-state index contributed by atoms with van der Waals surface area (Å²) in [6, 6.07) is 29.5. The number of aromatic nitrogens is 3. The molecule has 5 aromatic heterocycles. The molecule has 24 nitrogen and oxygen atoms in total. The van der Waals surface area contributed by atoms with E-state index in [0.29, 0.717) is 153 Å². The highest BCUT2D eigenvalue weighted by Gasteiger charge is 2.35. The fraction of sp³-hybridized carbons (Fsp3) is 0.420. The lowest BCUT2D eigenvalue weighted by Crippen LogP contribution is -2.49. The zero-order valence-electron chi connectivity index (χ0n) is 64.4.